The highest BCUT2D eigenvalue weighted by Gasteiger charge is 2.24. The van der Waals surface area contributed by atoms with Crippen LogP contribution in [0, 0.1) is 11.3 Å². The van der Waals surface area contributed by atoms with E-state index < -0.39 is 0 Å². The molecule has 0 fully saturated rings. The Kier molecular flexibility index (Phi) is 20.9. The molecule has 0 spiro atoms. The first-order chi connectivity index (χ1) is 57.1. The second kappa shape index (κ2) is 33.2. The van der Waals surface area contributed by atoms with Gasteiger partial charge in [-0.25, -0.2) is 39.9 Å². The molecule has 4 aliphatic carbocycles. The summed E-state index contributed by atoms with van der Waals surface area (Å²) in [6, 6.07) is 33.6. The van der Waals surface area contributed by atoms with E-state index >= 15 is 0 Å². The summed E-state index contributed by atoms with van der Waals surface area (Å²) in [4.78, 5) is 40.2. The standard InChI is InChI=1S/C23H17N5OS.C22H19N5O2.C21H19N7O.C21H17N5O2/c1-29-19-8-6-15(20-9-7-16(11-24)30-20)10-18(19)28-23-21-17(14-4-2-3-5-14)12-25-22(21)26-13-27-23;1-2-29-18-8-7-15(16-9-10-28-12-16)11-17(18)25-21-19-20(14-5-3-4-6-14)26-27-22(19)24-13-23-21;1-28-11-15(10-24-28)14-7-8-17(29-2)16(9-14)25-20-18-19(13-5-3-4-6-13)26-27-21(18)23-12-22-20;1-27-17-7-6-14(15-8-9-28-11-15)10-16(17)24-20-18-19(13-4-2-3-5-13)25-26-21(18)23-12-22-20/h2,4-10,12-13H,3H2,1H3,(H2,25,26,27,28);3,5-13H,2,4H2,1H3,(H2,23,24,25,26,27);3,5-12H,4H2,1-2H3,(H2,22,23,25,26,27);2,4-12H,3H2,1H3,(H2,22,23,24,25,26). The third kappa shape index (κ3) is 15.3. The number of thiophene rings is 1. The van der Waals surface area contributed by atoms with Gasteiger partial charge in [0.15, 0.2) is 16.9 Å². The Morgan fingerprint density at radius 3 is 1.30 bits per heavy atom. The molecule has 116 heavy (non-hydrogen) atoms. The predicted molar refractivity (Wildman–Crippen MR) is 451 cm³/mol. The molecule has 12 heterocycles. The van der Waals surface area contributed by atoms with E-state index in [0.29, 0.717) is 63.2 Å². The predicted octanol–water partition coefficient (Wildman–Crippen LogP) is 19.3. The molecule has 0 radical (unpaired) electrons. The number of ether oxygens (including phenoxy) is 4. The molecule has 572 valence electrons. The van der Waals surface area contributed by atoms with Gasteiger partial charge in [0.25, 0.3) is 0 Å². The molecule has 0 unspecified atom stereocenters. The smallest absolute Gasteiger partial charge is 0.186 e. The van der Waals surface area contributed by atoms with Crippen molar-refractivity contribution in [3.05, 3.63) is 266 Å². The number of rotatable bonds is 21. The van der Waals surface area contributed by atoms with Gasteiger partial charge in [0, 0.05) is 46.6 Å². The van der Waals surface area contributed by atoms with Crippen LogP contribution in [0.3, 0.4) is 0 Å². The average Bonchev–Trinajstić information content (AvgIpc) is 1.63. The molecule has 0 bridgehead atoms. The van der Waals surface area contributed by atoms with Gasteiger partial charge < -0.3 is 54.0 Å². The lowest BCUT2D eigenvalue weighted by Crippen LogP contribution is -2.01. The van der Waals surface area contributed by atoms with Crippen LogP contribution in [-0.4, -0.2) is 113 Å². The topological polar surface area (TPSA) is 358 Å². The normalized spacial score (nSPS) is 13.0. The third-order valence-corrected chi connectivity index (χ3v) is 20.5. The summed E-state index contributed by atoms with van der Waals surface area (Å²) in [5, 5.41) is 52.9. The number of nitrogens with zero attached hydrogens (tertiary/aromatic N) is 14. The Labute approximate surface area is 666 Å². The number of aromatic amines is 4. The molecule has 0 aliphatic heterocycles. The largest absolute Gasteiger partial charge is 0.495 e. The van der Waals surface area contributed by atoms with Crippen LogP contribution in [-0.2, 0) is 7.05 Å². The van der Waals surface area contributed by atoms with Crippen molar-refractivity contribution < 1.29 is 27.8 Å². The van der Waals surface area contributed by atoms with Gasteiger partial charge in [0.2, 0.25) is 0 Å². The highest BCUT2D eigenvalue weighted by atomic mass is 32.1. The molecule has 8 N–H and O–H groups in total. The molecule has 0 saturated carbocycles. The fourth-order valence-electron chi connectivity index (χ4n) is 13.9. The van der Waals surface area contributed by atoms with Crippen LogP contribution < -0.4 is 40.2 Å². The third-order valence-electron chi connectivity index (χ3n) is 19.4. The molecule has 4 aromatic carbocycles. The van der Waals surface area contributed by atoms with Crippen molar-refractivity contribution >= 4 is 124 Å². The minimum atomic E-state index is 0.563. The van der Waals surface area contributed by atoms with E-state index in [4.69, 9.17) is 33.0 Å². The van der Waals surface area contributed by atoms with Crippen LogP contribution in [0.5, 0.6) is 23.0 Å². The monoisotopic (exact) mass is 1550 g/mol. The van der Waals surface area contributed by atoms with Crippen LogP contribution in [0.2, 0.25) is 0 Å². The number of nitrogens with one attached hydrogen (secondary N) is 8. The SMILES string of the molecule is CCOc1ccc(-c2ccoc2)cc1Nc1ncnc2n[nH]c(C3=CCC=C3)c12.COc1ccc(-c2ccc(C#N)s2)cc1Nc1ncnc2[nH]cc(C3=CCC=C3)c12.COc1ccc(-c2ccoc2)cc1Nc1ncnc2n[nH]c(C3=CCC=C3)c12.COc1ccc(-c2cnn(C)c2)cc1Nc1ncnc2n[nH]c(C3=CCC=C3)c12. The van der Waals surface area contributed by atoms with Gasteiger partial charge in [-0.1, -0.05) is 91.1 Å². The van der Waals surface area contributed by atoms with E-state index in [1.165, 1.54) is 30.3 Å². The lowest BCUT2D eigenvalue weighted by atomic mass is 10.1. The quantitative estimate of drug-likeness (QED) is 0.0331. The molecular weight excluding hydrogens is 1480 g/mol. The minimum Gasteiger partial charge on any atom is -0.495 e. The van der Waals surface area contributed by atoms with Gasteiger partial charge >= 0.3 is 0 Å². The summed E-state index contributed by atoms with van der Waals surface area (Å²) in [5.41, 5.74) is 21.1. The van der Waals surface area contributed by atoms with E-state index in [9.17, 15) is 0 Å². The van der Waals surface area contributed by atoms with Gasteiger partial charge in [-0.2, -0.15) is 25.7 Å². The second-order valence-corrected chi connectivity index (χ2v) is 27.6. The fourth-order valence-corrected chi connectivity index (χ4v) is 14.7. The van der Waals surface area contributed by atoms with Crippen LogP contribution in [0.15, 0.2) is 248 Å². The van der Waals surface area contributed by atoms with Crippen LogP contribution >= 0.6 is 11.3 Å². The van der Waals surface area contributed by atoms with Crippen molar-refractivity contribution in [2.75, 3.05) is 49.2 Å². The summed E-state index contributed by atoms with van der Waals surface area (Å²) >= 11 is 1.46. The van der Waals surface area contributed by atoms with Gasteiger partial charge in [-0.15, -0.1) is 11.3 Å². The first-order valence-electron chi connectivity index (χ1n) is 37.0. The number of hydrogen-bond acceptors (Lipinski definition) is 24. The van der Waals surface area contributed by atoms with Gasteiger partial charge in [0.1, 0.15) is 88.2 Å². The molecular formula is C87H72N22O6S. The lowest BCUT2D eigenvalue weighted by Gasteiger charge is -2.14. The molecule has 20 rings (SSSR count). The molecule has 12 aromatic heterocycles. The number of aryl methyl sites for hydroxylation is 1. The van der Waals surface area contributed by atoms with E-state index in [0.717, 1.165) is 176 Å². The number of furan rings is 2. The van der Waals surface area contributed by atoms with Gasteiger partial charge in [0.05, 0.1) is 121 Å². The number of allylic oxidation sites excluding steroid dienone is 16. The number of fused-ring (bicyclic) bond motifs is 4. The maximum absolute atomic E-state index is 9.13. The Morgan fingerprint density at radius 1 is 0.474 bits per heavy atom. The highest BCUT2D eigenvalue weighted by molar-refractivity contribution is 7.16. The first-order valence-corrected chi connectivity index (χ1v) is 37.8. The van der Waals surface area contributed by atoms with E-state index in [2.05, 4.69) is 181 Å². The van der Waals surface area contributed by atoms with Crippen molar-refractivity contribution in [2.45, 2.75) is 32.6 Å². The number of benzene rings is 4. The van der Waals surface area contributed by atoms with Gasteiger partial charge in [-0.05, 0) is 156 Å². The molecule has 0 saturated heterocycles. The number of hydrogen-bond donors (Lipinski definition) is 8. The van der Waals surface area contributed by atoms with E-state index in [-0.39, 0.29) is 0 Å². The van der Waals surface area contributed by atoms with Gasteiger partial charge in [-0.3, -0.25) is 20.0 Å². The molecule has 16 aromatic rings. The zero-order valence-corrected chi connectivity index (χ0v) is 64.0. The van der Waals surface area contributed by atoms with Crippen molar-refractivity contribution in [3.63, 3.8) is 0 Å². The van der Waals surface area contributed by atoms with Crippen LogP contribution in [0.1, 0.15) is 60.1 Å². The van der Waals surface area contributed by atoms with E-state index in [1.807, 2.05) is 130 Å². The first kappa shape index (κ1) is 73.2. The number of methoxy groups -OCH3 is 3. The minimum absolute atomic E-state index is 0.563. The summed E-state index contributed by atoms with van der Waals surface area (Å²) < 4.78 is 34.7. The van der Waals surface area contributed by atoms with Crippen molar-refractivity contribution in [1.29, 1.82) is 5.26 Å². The Morgan fingerprint density at radius 2 is 0.897 bits per heavy atom. The maximum Gasteiger partial charge on any atom is 0.186 e. The summed E-state index contributed by atoms with van der Waals surface area (Å²) in [5.74, 6) is 5.59. The second-order valence-electron chi connectivity index (χ2n) is 26.5. The summed E-state index contributed by atoms with van der Waals surface area (Å²) in [6.07, 6.45) is 47.7. The zero-order valence-electron chi connectivity index (χ0n) is 63.2. The summed E-state index contributed by atoms with van der Waals surface area (Å²) in [7, 11) is 6.84. The molecule has 0 atom stereocenters. The Bertz CT molecular complexity index is 6640. The lowest BCUT2D eigenvalue weighted by molar-refractivity contribution is 0.342. The maximum atomic E-state index is 9.13. The molecule has 29 heteroatoms. The number of aromatic nitrogens is 17. The average molecular weight is 1550 g/mol. The van der Waals surface area contributed by atoms with Crippen LogP contribution in [0.4, 0.5) is 46.0 Å². The van der Waals surface area contributed by atoms with Crippen molar-refractivity contribution in [2.24, 2.45) is 7.05 Å². The number of H-pyrrole nitrogens is 4. The van der Waals surface area contributed by atoms with Crippen molar-refractivity contribution in [3.8, 4) is 72.9 Å². The van der Waals surface area contributed by atoms with Crippen molar-refractivity contribution in [1.82, 2.24) is 85.2 Å². The van der Waals surface area contributed by atoms with E-state index in [1.54, 1.807) is 57.4 Å². The zero-order chi connectivity index (χ0) is 78.9. The fraction of sp³-hybridized carbons (Fsp3) is 0.115. The highest BCUT2D eigenvalue weighted by Crippen LogP contribution is 2.43. The van der Waals surface area contributed by atoms with Crippen LogP contribution in [0.25, 0.3) is 110 Å². The Balaban J connectivity index is 0.000000111. The molecule has 4 aliphatic rings. The summed E-state index contributed by atoms with van der Waals surface area (Å²) in [6.45, 7) is 2.53. The molecule has 0 amide bonds. The Hall–Kier alpha value is -15.6. The molecule has 28 nitrogen and oxygen atoms in total. The number of anilines is 8. The number of nitriles is 1.